The van der Waals surface area contributed by atoms with E-state index in [9.17, 15) is 0 Å². The Hall–Kier alpha value is 2.14. The topological polar surface area (TPSA) is 80.5 Å². The predicted octanol–water partition coefficient (Wildman–Crippen LogP) is -1.98. The minimum atomic E-state index is 0. The Balaban J connectivity index is 0. The number of nitrogens with one attached hydrogen (secondary N) is 1. The molecule has 0 aromatic carbocycles. The van der Waals surface area contributed by atoms with Crippen LogP contribution in [0.5, 0.6) is 0 Å². The zero-order valence-corrected chi connectivity index (χ0v) is 11.2. The molecule has 8 heavy (non-hydrogen) atoms. The van der Waals surface area contributed by atoms with E-state index in [-0.39, 0.29) is 109 Å². The van der Waals surface area contributed by atoms with Gasteiger partial charge in [-0.1, -0.05) is 5.10 Å². The molecule has 0 aliphatic rings. The van der Waals surface area contributed by atoms with E-state index in [0.717, 1.165) is 0 Å². The number of nitrogen functional groups attached to an aromatic ring is 1. The maximum absolute atomic E-state index is 4.96. The van der Waals surface area contributed by atoms with Crippen LogP contribution in [0.15, 0.2) is 0 Å². The van der Waals surface area contributed by atoms with E-state index >= 15 is 0 Å². The molecule has 1 aromatic heterocycles. The van der Waals surface area contributed by atoms with Crippen molar-refractivity contribution in [2.24, 2.45) is 0 Å². The normalized spacial score (nSPS) is 6.50. The molecule has 0 unspecified atom stereocenters. The fourth-order valence-electron chi connectivity index (χ4n) is 0.170. The summed E-state index contributed by atoms with van der Waals surface area (Å²) in [5.41, 5.74) is 4.96. The van der Waals surface area contributed by atoms with Gasteiger partial charge in [-0.15, -0.1) is 5.10 Å². The van der Waals surface area contributed by atoms with Gasteiger partial charge in [0, 0.05) is 103 Å². The average molecular weight is 163 g/mol. The largest absolute Gasteiger partial charge is 0.365 e. The second-order valence-electron chi connectivity index (χ2n) is 0.770. The van der Waals surface area contributed by atoms with Crippen LogP contribution in [0.2, 0.25) is 0 Å². The van der Waals surface area contributed by atoms with Crippen LogP contribution in [0.25, 0.3) is 0 Å². The first kappa shape index (κ1) is 12.8. The van der Waals surface area contributed by atoms with Gasteiger partial charge in [-0.2, -0.15) is 5.21 Å². The molecule has 0 saturated heterocycles. The SMILES string of the molecule is Nc1nn[nH]n1.[K].[K]. The van der Waals surface area contributed by atoms with Crippen molar-refractivity contribution >= 4 is 109 Å². The van der Waals surface area contributed by atoms with Crippen LogP contribution in [0.3, 0.4) is 0 Å². The van der Waals surface area contributed by atoms with Crippen molar-refractivity contribution in [1.29, 1.82) is 0 Å². The molecule has 1 rings (SSSR count). The van der Waals surface area contributed by atoms with Crippen molar-refractivity contribution in [3.8, 4) is 0 Å². The molecule has 0 saturated carbocycles. The molecule has 0 spiro atoms. The summed E-state index contributed by atoms with van der Waals surface area (Å²) in [5.74, 6) is 0.176. The van der Waals surface area contributed by atoms with Gasteiger partial charge in [-0.3, -0.25) is 0 Å². The summed E-state index contributed by atoms with van der Waals surface area (Å²) >= 11 is 0. The number of nitrogens with zero attached hydrogens (tertiary/aromatic N) is 3. The van der Waals surface area contributed by atoms with Gasteiger partial charge in [-0.05, 0) is 5.21 Å². The van der Waals surface area contributed by atoms with E-state index in [1.165, 1.54) is 0 Å². The first-order valence-electron chi connectivity index (χ1n) is 1.38. The van der Waals surface area contributed by atoms with Gasteiger partial charge < -0.3 is 5.73 Å². The maximum atomic E-state index is 4.96. The van der Waals surface area contributed by atoms with Gasteiger partial charge in [0.15, 0.2) is 0 Å². The molecule has 0 aliphatic carbocycles. The van der Waals surface area contributed by atoms with E-state index in [4.69, 9.17) is 5.73 Å². The Kier molecular flexibility index (Phi) is 11.6. The monoisotopic (exact) mass is 163 g/mol. The third kappa shape index (κ3) is 4.97. The smallest absolute Gasteiger partial charge is 0.260 e. The quantitative estimate of drug-likeness (QED) is 0.434. The number of hydrogen-bond donors (Lipinski definition) is 2. The minimum Gasteiger partial charge on any atom is -0.365 e. The zero-order chi connectivity index (χ0) is 4.41. The molecule has 1 aromatic rings. The Bertz CT molecular complexity index is 114. The minimum absolute atomic E-state index is 0. The van der Waals surface area contributed by atoms with Crippen molar-refractivity contribution < 1.29 is 0 Å². The number of hydrogen-bond acceptors (Lipinski definition) is 4. The number of anilines is 1. The molecule has 0 atom stereocenters. The average Bonchev–Trinajstić information content (AvgIpc) is 1.86. The predicted molar refractivity (Wildman–Crippen MR) is 30.1 cm³/mol. The molecule has 34 valence electrons. The second-order valence-corrected chi connectivity index (χ2v) is 0.770. The van der Waals surface area contributed by atoms with Crippen LogP contribution >= 0.6 is 0 Å². The summed E-state index contributed by atoms with van der Waals surface area (Å²) in [4.78, 5) is 0. The molecule has 0 bridgehead atoms. The van der Waals surface area contributed by atoms with E-state index in [0.29, 0.717) is 0 Å². The van der Waals surface area contributed by atoms with E-state index in [1.54, 1.807) is 0 Å². The van der Waals surface area contributed by atoms with Crippen molar-refractivity contribution in [3.05, 3.63) is 0 Å². The maximum Gasteiger partial charge on any atom is 0.260 e. The van der Waals surface area contributed by atoms with Gasteiger partial charge in [0.05, 0.1) is 0 Å². The number of aromatic amines is 1. The van der Waals surface area contributed by atoms with Crippen molar-refractivity contribution in [3.63, 3.8) is 0 Å². The summed E-state index contributed by atoms with van der Waals surface area (Å²) in [7, 11) is 0. The van der Waals surface area contributed by atoms with Crippen LogP contribution in [0, 0.1) is 0 Å². The third-order valence-corrected chi connectivity index (χ3v) is 0.362. The number of aromatic nitrogens is 4. The van der Waals surface area contributed by atoms with Crippen molar-refractivity contribution in [1.82, 2.24) is 20.6 Å². The first-order valence-corrected chi connectivity index (χ1v) is 1.38. The molecule has 0 aliphatic heterocycles. The Morgan fingerprint density at radius 1 is 1.38 bits per heavy atom. The number of nitrogens with two attached hydrogens (primary N) is 1. The fourth-order valence-corrected chi connectivity index (χ4v) is 0.170. The Morgan fingerprint density at radius 3 is 2.12 bits per heavy atom. The summed E-state index contributed by atoms with van der Waals surface area (Å²) in [6, 6.07) is 0. The van der Waals surface area contributed by atoms with E-state index in [1.807, 2.05) is 0 Å². The van der Waals surface area contributed by atoms with Crippen LogP contribution in [-0.4, -0.2) is 123 Å². The number of rotatable bonds is 0. The molecular weight excluding hydrogens is 160 g/mol. The van der Waals surface area contributed by atoms with Crippen LogP contribution < -0.4 is 5.73 Å². The van der Waals surface area contributed by atoms with Crippen LogP contribution in [0.4, 0.5) is 5.95 Å². The van der Waals surface area contributed by atoms with Gasteiger partial charge in [0.1, 0.15) is 0 Å². The molecule has 1 heterocycles. The standard InChI is InChI=1S/CH3N5.2K/c2-1-3-5-6-4-1;;/h(H3,2,3,4,5,6);;. The number of tetrazole rings is 1. The van der Waals surface area contributed by atoms with Crippen LogP contribution in [-0.2, 0) is 0 Å². The molecular formula is CH3K2N5. The zero-order valence-electron chi connectivity index (χ0n) is 4.92. The van der Waals surface area contributed by atoms with Crippen LogP contribution in [0.1, 0.15) is 0 Å². The van der Waals surface area contributed by atoms with E-state index < -0.39 is 0 Å². The molecule has 5 nitrogen and oxygen atoms in total. The summed E-state index contributed by atoms with van der Waals surface area (Å²) in [6.07, 6.45) is 0. The van der Waals surface area contributed by atoms with Gasteiger partial charge in [0.2, 0.25) is 0 Å². The summed E-state index contributed by atoms with van der Waals surface area (Å²) < 4.78 is 0. The third-order valence-electron chi connectivity index (χ3n) is 0.362. The second kappa shape index (κ2) is 7.25. The van der Waals surface area contributed by atoms with Gasteiger partial charge >= 0.3 is 0 Å². The van der Waals surface area contributed by atoms with Gasteiger partial charge in [-0.25, -0.2) is 0 Å². The Labute approximate surface area is 131 Å². The number of H-pyrrole nitrogens is 1. The Morgan fingerprint density at radius 2 is 2.00 bits per heavy atom. The van der Waals surface area contributed by atoms with E-state index in [2.05, 4.69) is 20.6 Å². The van der Waals surface area contributed by atoms with Gasteiger partial charge in [0.25, 0.3) is 5.95 Å². The van der Waals surface area contributed by atoms with Crippen molar-refractivity contribution in [2.75, 3.05) is 5.73 Å². The molecule has 0 fully saturated rings. The molecule has 2 radical (unpaired) electrons. The van der Waals surface area contributed by atoms with Crippen molar-refractivity contribution in [2.45, 2.75) is 0 Å². The molecule has 0 amide bonds. The fraction of sp³-hybridized carbons (Fsp3) is 0. The summed E-state index contributed by atoms with van der Waals surface area (Å²) in [6.45, 7) is 0. The molecule has 7 heteroatoms. The summed E-state index contributed by atoms with van der Waals surface area (Å²) in [5, 5.41) is 12.0. The first-order chi connectivity index (χ1) is 2.89. The molecule has 3 N–H and O–H groups in total.